The summed E-state index contributed by atoms with van der Waals surface area (Å²) in [4.78, 5) is 13.0. The van der Waals surface area contributed by atoms with E-state index in [9.17, 15) is 4.79 Å². The van der Waals surface area contributed by atoms with E-state index in [0.717, 1.165) is 39.2 Å². The molecule has 194 valence electrons. The second-order valence-corrected chi connectivity index (χ2v) is 9.59. The van der Waals surface area contributed by atoms with E-state index >= 15 is 0 Å². The van der Waals surface area contributed by atoms with Crippen LogP contribution in [0.5, 0.6) is 5.75 Å². The number of aromatic nitrogens is 2. The number of hydrogen-bond donors (Lipinski definition) is 1. The van der Waals surface area contributed by atoms with E-state index in [1.807, 2.05) is 111 Å². The van der Waals surface area contributed by atoms with Crippen LogP contribution in [-0.2, 0) is 6.61 Å². The molecular weight excluding hydrogens is 508 g/mol. The largest absolute Gasteiger partial charge is 0.489 e. The molecule has 1 heterocycles. The number of rotatable bonds is 8. The van der Waals surface area contributed by atoms with Gasteiger partial charge in [0.05, 0.1) is 17.6 Å². The fraction of sp³-hybridized carbons (Fsp3) is 0.0938. The van der Waals surface area contributed by atoms with Crippen molar-refractivity contribution in [3.05, 3.63) is 136 Å². The van der Waals surface area contributed by atoms with Gasteiger partial charge in [-0.15, -0.1) is 0 Å². The summed E-state index contributed by atoms with van der Waals surface area (Å²) in [6.07, 6.45) is 1.58. The number of hydrazone groups is 1. The van der Waals surface area contributed by atoms with E-state index in [4.69, 9.17) is 16.3 Å². The van der Waals surface area contributed by atoms with Crippen LogP contribution in [0.15, 0.2) is 108 Å². The first-order valence-corrected chi connectivity index (χ1v) is 12.9. The second-order valence-electron chi connectivity index (χ2n) is 9.18. The molecular formula is C32H27ClN4O2. The average molecular weight is 535 g/mol. The van der Waals surface area contributed by atoms with Crippen molar-refractivity contribution in [2.45, 2.75) is 20.5 Å². The Morgan fingerprint density at radius 1 is 0.923 bits per heavy atom. The Morgan fingerprint density at radius 2 is 1.69 bits per heavy atom. The van der Waals surface area contributed by atoms with Gasteiger partial charge in [-0.2, -0.15) is 10.2 Å². The minimum absolute atomic E-state index is 0.271. The van der Waals surface area contributed by atoms with Gasteiger partial charge in [0.1, 0.15) is 12.4 Å². The molecule has 0 bridgehead atoms. The molecule has 0 fully saturated rings. The average Bonchev–Trinajstić information content (AvgIpc) is 3.40. The molecule has 0 atom stereocenters. The highest BCUT2D eigenvalue weighted by Crippen LogP contribution is 2.25. The van der Waals surface area contributed by atoms with Gasteiger partial charge in [-0.1, -0.05) is 71.8 Å². The maximum absolute atomic E-state index is 13.0. The molecule has 5 rings (SSSR count). The summed E-state index contributed by atoms with van der Waals surface area (Å²) in [5.74, 6) is 0.312. The summed E-state index contributed by atoms with van der Waals surface area (Å²) in [5.41, 5.74) is 9.52. The van der Waals surface area contributed by atoms with Crippen molar-refractivity contribution in [1.29, 1.82) is 0 Å². The van der Waals surface area contributed by atoms with E-state index in [1.54, 1.807) is 17.0 Å². The zero-order chi connectivity index (χ0) is 27.2. The fourth-order valence-electron chi connectivity index (χ4n) is 4.03. The van der Waals surface area contributed by atoms with Crippen LogP contribution in [0.2, 0.25) is 5.02 Å². The molecule has 6 nitrogen and oxygen atoms in total. The molecule has 39 heavy (non-hydrogen) atoms. The molecule has 0 aliphatic rings. The maximum atomic E-state index is 13.0. The van der Waals surface area contributed by atoms with Gasteiger partial charge in [0.25, 0.3) is 5.91 Å². The van der Waals surface area contributed by atoms with E-state index in [2.05, 4.69) is 15.6 Å². The summed E-state index contributed by atoms with van der Waals surface area (Å²) >= 11 is 6.19. The molecule has 1 N–H and O–H groups in total. The Morgan fingerprint density at radius 3 is 2.44 bits per heavy atom. The number of aryl methyl sites for hydroxylation is 2. The summed E-state index contributed by atoms with van der Waals surface area (Å²) in [7, 11) is 0. The topological polar surface area (TPSA) is 68.5 Å². The van der Waals surface area contributed by atoms with Crippen molar-refractivity contribution in [2.24, 2.45) is 5.10 Å². The molecule has 1 amide bonds. The molecule has 0 unspecified atom stereocenters. The fourth-order valence-corrected chi connectivity index (χ4v) is 4.22. The summed E-state index contributed by atoms with van der Waals surface area (Å²) in [5, 5.41) is 9.42. The Balaban J connectivity index is 1.28. The molecule has 5 aromatic rings. The van der Waals surface area contributed by atoms with Crippen molar-refractivity contribution in [3.63, 3.8) is 0 Å². The number of amides is 1. The summed E-state index contributed by atoms with van der Waals surface area (Å²) in [6, 6.07) is 32.9. The molecule has 1 aromatic heterocycles. The maximum Gasteiger partial charge on any atom is 0.291 e. The van der Waals surface area contributed by atoms with E-state index in [0.29, 0.717) is 17.4 Å². The molecule has 7 heteroatoms. The lowest BCUT2D eigenvalue weighted by molar-refractivity contribution is 0.0949. The first kappa shape index (κ1) is 25.9. The number of carbonyl (C=O) groups excluding carboxylic acids is 1. The molecule has 4 aromatic carbocycles. The third-order valence-electron chi connectivity index (χ3n) is 6.15. The molecule has 0 radical (unpaired) electrons. The second kappa shape index (κ2) is 11.8. The summed E-state index contributed by atoms with van der Waals surface area (Å²) in [6.45, 7) is 4.45. The Bertz CT molecular complexity index is 1620. The Labute approximate surface area is 232 Å². The van der Waals surface area contributed by atoms with Crippen molar-refractivity contribution < 1.29 is 9.53 Å². The van der Waals surface area contributed by atoms with Crippen LogP contribution in [0.1, 0.15) is 32.7 Å². The molecule has 0 aliphatic carbocycles. The van der Waals surface area contributed by atoms with Gasteiger partial charge >= 0.3 is 0 Å². The first-order chi connectivity index (χ1) is 19.0. The predicted molar refractivity (Wildman–Crippen MR) is 156 cm³/mol. The minimum atomic E-state index is -0.397. The Kier molecular flexibility index (Phi) is 7.85. The SMILES string of the molecule is Cc1ccc(-c2cc(C(=O)N/N=C\c3ccc(OCc4ccccc4Cl)cc3)nn2-c2cccc(C)c2)cc1. The van der Waals surface area contributed by atoms with E-state index in [1.165, 1.54) is 0 Å². The smallest absolute Gasteiger partial charge is 0.291 e. The van der Waals surface area contributed by atoms with Crippen LogP contribution in [0, 0.1) is 13.8 Å². The van der Waals surface area contributed by atoms with E-state index in [-0.39, 0.29) is 5.69 Å². The van der Waals surface area contributed by atoms with Gasteiger partial charge in [0, 0.05) is 16.1 Å². The third kappa shape index (κ3) is 6.43. The van der Waals surface area contributed by atoms with Crippen molar-refractivity contribution in [1.82, 2.24) is 15.2 Å². The highest BCUT2D eigenvalue weighted by molar-refractivity contribution is 6.31. The third-order valence-corrected chi connectivity index (χ3v) is 6.52. The van der Waals surface area contributed by atoms with Crippen LogP contribution in [0.4, 0.5) is 0 Å². The number of benzene rings is 4. The lowest BCUT2D eigenvalue weighted by Gasteiger charge is -2.08. The van der Waals surface area contributed by atoms with Gasteiger partial charge in [-0.05, 0) is 73.5 Å². The number of nitrogens with zero attached hydrogens (tertiary/aromatic N) is 3. The standard InChI is InChI=1S/C32H27ClN4O2/c1-22-10-14-25(15-11-22)31-19-30(36-37(31)27-8-5-6-23(2)18-27)32(38)35-34-20-24-12-16-28(17-13-24)39-21-26-7-3-4-9-29(26)33/h3-20H,21H2,1-2H3,(H,35,38)/b34-20-. The quantitative estimate of drug-likeness (QED) is 0.170. The monoisotopic (exact) mass is 534 g/mol. The van der Waals surface area contributed by atoms with Gasteiger partial charge < -0.3 is 4.74 Å². The van der Waals surface area contributed by atoms with Crippen LogP contribution in [0.25, 0.3) is 16.9 Å². The Hall–Kier alpha value is -4.68. The first-order valence-electron chi connectivity index (χ1n) is 12.5. The summed E-state index contributed by atoms with van der Waals surface area (Å²) < 4.78 is 7.61. The van der Waals surface area contributed by atoms with Crippen LogP contribution in [-0.4, -0.2) is 21.9 Å². The molecule has 0 aliphatic heterocycles. The lowest BCUT2D eigenvalue weighted by atomic mass is 10.1. The number of halogens is 1. The van der Waals surface area contributed by atoms with Crippen molar-refractivity contribution in [2.75, 3.05) is 0 Å². The zero-order valence-corrected chi connectivity index (χ0v) is 22.4. The van der Waals surface area contributed by atoms with Crippen molar-refractivity contribution in [3.8, 4) is 22.7 Å². The number of ether oxygens (including phenoxy) is 1. The molecule has 0 spiro atoms. The van der Waals surface area contributed by atoms with Crippen LogP contribution in [0.3, 0.4) is 0 Å². The number of nitrogens with one attached hydrogen (secondary N) is 1. The van der Waals surface area contributed by atoms with Gasteiger partial charge in [-0.3, -0.25) is 4.79 Å². The van der Waals surface area contributed by atoms with Gasteiger partial charge in [0.2, 0.25) is 0 Å². The van der Waals surface area contributed by atoms with E-state index < -0.39 is 5.91 Å². The number of carbonyl (C=O) groups is 1. The number of hydrogen-bond acceptors (Lipinski definition) is 4. The normalized spacial score (nSPS) is 11.1. The minimum Gasteiger partial charge on any atom is -0.489 e. The molecule has 0 saturated carbocycles. The van der Waals surface area contributed by atoms with Gasteiger partial charge in [0.15, 0.2) is 5.69 Å². The highest BCUT2D eigenvalue weighted by Gasteiger charge is 2.16. The predicted octanol–water partition coefficient (Wildman–Crippen LogP) is 7.15. The van der Waals surface area contributed by atoms with Crippen LogP contribution >= 0.6 is 11.6 Å². The lowest BCUT2D eigenvalue weighted by Crippen LogP contribution is -2.18. The zero-order valence-electron chi connectivity index (χ0n) is 21.6. The highest BCUT2D eigenvalue weighted by atomic mass is 35.5. The van der Waals surface area contributed by atoms with Crippen LogP contribution < -0.4 is 10.2 Å². The van der Waals surface area contributed by atoms with Gasteiger partial charge in [-0.25, -0.2) is 10.1 Å². The molecule has 0 saturated heterocycles. The van der Waals surface area contributed by atoms with Crippen molar-refractivity contribution >= 4 is 23.7 Å².